The number of aliphatic hydroxyl groups is 1. The Morgan fingerprint density at radius 2 is 1.65 bits per heavy atom. The van der Waals surface area contributed by atoms with Gasteiger partial charge < -0.3 is 5.11 Å². The normalized spacial score (nSPS) is 29.0. The highest BCUT2D eigenvalue weighted by atomic mass is 32.1. The molecule has 3 aliphatic carbocycles. The van der Waals surface area contributed by atoms with Crippen molar-refractivity contribution in [3.05, 3.63) is 35.4 Å². The first-order chi connectivity index (χ1) is 17.2. The topological polar surface area (TPSA) is 20.2 Å². The van der Waals surface area contributed by atoms with E-state index in [9.17, 15) is 22.7 Å². The van der Waals surface area contributed by atoms with E-state index < -0.39 is 18.8 Å². The number of rotatable bonds is 3. The highest BCUT2D eigenvalue weighted by Crippen LogP contribution is 2.60. The van der Waals surface area contributed by atoms with Gasteiger partial charge in [0.1, 0.15) is 0 Å². The lowest BCUT2D eigenvalue weighted by Gasteiger charge is -2.50. The van der Waals surface area contributed by atoms with E-state index in [1.165, 1.54) is 38.5 Å². The summed E-state index contributed by atoms with van der Waals surface area (Å²) in [4.78, 5) is 0. The number of benzene rings is 1. The monoisotopic (exact) mass is 548 g/mol. The Kier molecular flexibility index (Phi) is 14.0. The van der Waals surface area contributed by atoms with E-state index in [-0.39, 0.29) is 23.7 Å². The van der Waals surface area contributed by atoms with Gasteiger partial charge in [-0.3, -0.25) is 0 Å². The van der Waals surface area contributed by atoms with Crippen LogP contribution in [0, 0.1) is 22.7 Å². The predicted octanol–water partition coefficient (Wildman–Crippen LogP) is 9.97. The first kappa shape index (κ1) is 34.3. The van der Waals surface area contributed by atoms with E-state index in [1.54, 1.807) is 11.1 Å². The van der Waals surface area contributed by atoms with Gasteiger partial charge in [0.25, 0.3) is 0 Å². The first-order valence-electron chi connectivity index (χ1n) is 14.3. The summed E-state index contributed by atoms with van der Waals surface area (Å²) in [5.74, 6) is 2.64. The Bertz CT molecular complexity index is 775. The van der Waals surface area contributed by atoms with Crippen LogP contribution in [-0.4, -0.2) is 29.3 Å². The molecule has 6 heteroatoms. The Balaban J connectivity index is 0.000000323. The Labute approximate surface area is 229 Å². The number of halogens is 4. The molecular formula is C31H52F4OS. The number of thiol groups is 1. The summed E-state index contributed by atoms with van der Waals surface area (Å²) in [5, 5.41) is 10.4. The summed E-state index contributed by atoms with van der Waals surface area (Å²) in [6, 6.07) is 9.08. The van der Waals surface area contributed by atoms with E-state index >= 15 is 0 Å². The molecule has 3 aliphatic rings. The quantitative estimate of drug-likeness (QED) is 0.284. The van der Waals surface area contributed by atoms with Crippen LogP contribution in [0.5, 0.6) is 0 Å². The smallest absolute Gasteiger partial charge is 0.393 e. The molecular weight excluding hydrogens is 496 g/mol. The molecule has 0 heterocycles. The molecule has 4 rings (SSSR count). The minimum absolute atomic E-state index is 0.0457. The largest absolute Gasteiger partial charge is 0.419 e. The lowest BCUT2D eigenvalue weighted by Crippen LogP contribution is -2.43. The van der Waals surface area contributed by atoms with Gasteiger partial charge in [-0.2, -0.15) is 25.8 Å². The van der Waals surface area contributed by atoms with E-state index in [2.05, 4.69) is 71.5 Å². The zero-order chi connectivity index (χ0) is 28.4. The van der Waals surface area contributed by atoms with E-state index in [4.69, 9.17) is 0 Å². The maximum atomic E-state index is 11.9. The number of aliphatic hydroxyl groups excluding tert-OH is 1. The fourth-order valence-electron chi connectivity index (χ4n) is 5.93. The number of hydrogen-bond acceptors (Lipinski definition) is 2. The molecule has 0 radical (unpaired) electrons. The Morgan fingerprint density at radius 1 is 1.05 bits per heavy atom. The highest BCUT2D eigenvalue weighted by molar-refractivity contribution is 7.80. The molecule has 6 atom stereocenters. The van der Waals surface area contributed by atoms with Crippen LogP contribution in [0.15, 0.2) is 24.3 Å². The van der Waals surface area contributed by atoms with Crippen molar-refractivity contribution in [3.8, 4) is 0 Å². The third kappa shape index (κ3) is 9.74. The molecule has 1 nitrogen and oxygen atoms in total. The molecule has 216 valence electrons. The molecule has 2 fully saturated rings. The maximum absolute atomic E-state index is 11.9. The number of hydrogen-bond donors (Lipinski definition) is 2. The van der Waals surface area contributed by atoms with Gasteiger partial charge in [0.2, 0.25) is 0 Å². The molecule has 0 aromatic heterocycles. The SMILES string of the molecule is CC.CC12CCC3c4ccccc4CCC3C1CCC2O.CCC(C)(C)C.FC(CCCS)C(F)(F)F. The van der Waals surface area contributed by atoms with Gasteiger partial charge in [-0.05, 0) is 96.8 Å². The van der Waals surface area contributed by atoms with Crippen LogP contribution in [0.25, 0.3) is 0 Å². The summed E-state index contributed by atoms with van der Waals surface area (Å²) in [7, 11) is 0. The van der Waals surface area contributed by atoms with Crippen LogP contribution in [0.4, 0.5) is 17.6 Å². The van der Waals surface area contributed by atoms with Gasteiger partial charge in [0.05, 0.1) is 6.10 Å². The summed E-state index contributed by atoms with van der Waals surface area (Å²) in [6.07, 6.45) is 0.907. The second-order valence-electron chi connectivity index (χ2n) is 12.0. The fraction of sp³-hybridized carbons (Fsp3) is 0.806. The fourth-order valence-corrected chi connectivity index (χ4v) is 6.11. The van der Waals surface area contributed by atoms with Gasteiger partial charge in [-0.15, -0.1) is 0 Å². The summed E-state index contributed by atoms with van der Waals surface area (Å²) in [6.45, 7) is 15.3. The van der Waals surface area contributed by atoms with E-state index in [0.29, 0.717) is 5.41 Å². The predicted molar refractivity (Wildman–Crippen MR) is 152 cm³/mol. The molecule has 1 aromatic rings. The van der Waals surface area contributed by atoms with E-state index in [0.717, 1.165) is 24.2 Å². The van der Waals surface area contributed by atoms with Gasteiger partial charge in [-0.25, -0.2) is 4.39 Å². The molecule has 1 N–H and O–H groups in total. The van der Waals surface area contributed by atoms with Crippen LogP contribution in [0.1, 0.15) is 117 Å². The van der Waals surface area contributed by atoms with Crippen molar-refractivity contribution < 1.29 is 22.7 Å². The van der Waals surface area contributed by atoms with Gasteiger partial charge >= 0.3 is 6.18 Å². The second kappa shape index (κ2) is 15.1. The molecule has 37 heavy (non-hydrogen) atoms. The Hall–Kier alpha value is -0.750. The van der Waals surface area contributed by atoms with Crippen molar-refractivity contribution in [2.75, 3.05) is 5.75 Å². The summed E-state index contributed by atoms with van der Waals surface area (Å²) in [5.41, 5.74) is 3.97. The molecule has 0 spiro atoms. The molecule has 2 saturated carbocycles. The van der Waals surface area contributed by atoms with Crippen molar-refractivity contribution >= 4 is 12.6 Å². The minimum Gasteiger partial charge on any atom is -0.393 e. The molecule has 0 amide bonds. The number of alkyl halides is 4. The Morgan fingerprint density at radius 3 is 2.19 bits per heavy atom. The highest BCUT2D eigenvalue weighted by Gasteiger charge is 2.54. The lowest BCUT2D eigenvalue weighted by atomic mass is 9.55. The number of fused-ring (bicyclic) bond motifs is 5. The van der Waals surface area contributed by atoms with Crippen molar-refractivity contribution in [1.82, 2.24) is 0 Å². The third-order valence-corrected chi connectivity index (χ3v) is 8.94. The zero-order valence-corrected chi connectivity index (χ0v) is 25.1. The van der Waals surface area contributed by atoms with E-state index in [1.807, 2.05) is 13.8 Å². The average Bonchev–Trinajstić information content (AvgIpc) is 3.17. The third-order valence-electron chi connectivity index (χ3n) is 8.62. The maximum Gasteiger partial charge on any atom is 0.419 e. The average molecular weight is 549 g/mol. The van der Waals surface area contributed by atoms with Crippen molar-refractivity contribution in [2.45, 2.75) is 131 Å². The van der Waals surface area contributed by atoms with Crippen LogP contribution in [0.3, 0.4) is 0 Å². The minimum atomic E-state index is -4.69. The van der Waals surface area contributed by atoms with Gasteiger partial charge in [0, 0.05) is 0 Å². The second-order valence-corrected chi connectivity index (χ2v) is 12.5. The van der Waals surface area contributed by atoms with Crippen LogP contribution in [0.2, 0.25) is 0 Å². The molecule has 0 bridgehead atoms. The standard InChI is InChI=1S/C18H24O.C6H14.C5H8F4S.C2H6/c1-18-11-10-14-13-5-3-2-4-12(13)6-7-15(14)16(18)8-9-17(18)19;1-5-6(2,3)4;6-4(2-1-3-10)5(7,8)9;1-2/h2-5,14-17,19H,6-11H2,1H3;5H2,1-4H3;4,10H,1-3H2;1-2H3. The van der Waals surface area contributed by atoms with Crippen LogP contribution < -0.4 is 0 Å². The molecule has 6 unspecified atom stereocenters. The van der Waals surface area contributed by atoms with Crippen molar-refractivity contribution in [1.29, 1.82) is 0 Å². The number of aryl methyl sites for hydroxylation is 1. The summed E-state index contributed by atoms with van der Waals surface area (Å²) >= 11 is 3.66. The first-order valence-corrected chi connectivity index (χ1v) is 14.9. The van der Waals surface area contributed by atoms with Crippen molar-refractivity contribution in [2.24, 2.45) is 22.7 Å². The van der Waals surface area contributed by atoms with Crippen LogP contribution in [-0.2, 0) is 6.42 Å². The molecule has 0 saturated heterocycles. The van der Waals surface area contributed by atoms with Gasteiger partial charge in [-0.1, -0.05) is 79.2 Å². The lowest BCUT2D eigenvalue weighted by molar-refractivity contribution is -0.181. The molecule has 0 aliphatic heterocycles. The zero-order valence-electron chi connectivity index (χ0n) is 24.2. The van der Waals surface area contributed by atoms with Crippen LogP contribution >= 0.6 is 12.6 Å². The van der Waals surface area contributed by atoms with Crippen molar-refractivity contribution in [3.63, 3.8) is 0 Å². The van der Waals surface area contributed by atoms with Gasteiger partial charge in [0.15, 0.2) is 6.17 Å². The summed E-state index contributed by atoms with van der Waals surface area (Å²) < 4.78 is 46.1. The molecule has 1 aromatic carbocycles.